The molecule has 0 saturated heterocycles. The zero-order valence-electron chi connectivity index (χ0n) is 30.8. The van der Waals surface area contributed by atoms with Gasteiger partial charge in [-0.05, 0) is 67.5 Å². The molecule has 0 radical (unpaired) electrons. The van der Waals surface area contributed by atoms with Crippen LogP contribution in [0.5, 0.6) is 11.5 Å². The lowest BCUT2D eigenvalue weighted by Crippen LogP contribution is -2.34. The fourth-order valence-corrected chi connectivity index (χ4v) is 6.41. The lowest BCUT2D eigenvalue weighted by Gasteiger charge is -2.29. The van der Waals surface area contributed by atoms with Gasteiger partial charge in [0.2, 0.25) is 5.79 Å². The van der Waals surface area contributed by atoms with Gasteiger partial charge in [-0.1, -0.05) is 167 Å². The van der Waals surface area contributed by atoms with Gasteiger partial charge in [0.25, 0.3) is 0 Å². The topological polar surface area (TPSA) is 58.9 Å². The summed E-state index contributed by atoms with van der Waals surface area (Å²) in [5, 5.41) is 22.1. The minimum Gasteiger partial charge on any atom is -0.457 e. The molecule has 2 N–H and O–H groups in total. The Hall–Kier alpha value is -1.88. The van der Waals surface area contributed by atoms with Gasteiger partial charge >= 0.3 is 0 Å². The highest BCUT2D eigenvalue weighted by Crippen LogP contribution is 2.36. The molecule has 4 heteroatoms. The fraction of sp³-hybridized carbons (Fsp3) is 0.721. The number of unbranched alkanes of at least 4 members (excludes halogenated alkanes) is 20. The molecule has 2 aromatic carbocycles. The average molecular weight is 653 g/mol. The summed E-state index contributed by atoms with van der Waals surface area (Å²) < 4.78 is 12.4. The summed E-state index contributed by atoms with van der Waals surface area (Å²) in [6, 6.07) is 14.4. The molecule has 0 bridgehead atoms. The van der Waals surface area contributed by atoms with Crippen LogP contribution in [0.1, 0.15) is 185 Å². The van der Waals surface area contributed by atoms with Crippen molar-refractivity contribution in [3.05, 3.63) is 59.2 Å². The summed E-state index contributed by atoms with van der Waals surface area (Å²) in [6.45, 7) is 6.66. The molecule has 0 spiro atoms. The highest BCUT2D eigenvalue weighted by atomic mass is 16.6. The summed E-state index contributed by atoms with van der Waals surface area (Å²) in [5.41, 5.74) is 2.99. The van der Waals surface area contributed by atoms with E-state index in [2.05, 4.69) is 39.0 Å². The van der Waals surface area contributed by atoms with Crippen molar-refractivity contribution in [1.29, 1.82) is 0 Å². The van der Waals surface area contributed by atoms with Crippen LogP contribution in [0.4, 0.5) is 0 Å². The largest absolute Gasteiger partial charge is 0.457 e. The van der Waals surface area contributed by atoms with Crippen LogP contribution in [0.15, 0.2) is 42.5 Å². The average Bonchev–Trinajstić information content (AvgIpc) is 3.09. The van der Waals surface area contributed by atoms with Crippen molar-refractivity contribution < 1.29 is 19.7 Å². The van der Waals surface area contributed by atoms with Crippen LogP contribution in [-0.4, -0.2) is 23.4 Å². The molecule has 47 heavy (non-hydrogen) atoms. The first-order chi connectivity index (χ1) is 23.1. The Bertz CT molecular complexity index is 1000. The monoisotopic (exact) mass is 653 g/mol. The van der Waals surface area contributed by atoms with Crippen molar-refractivity contribution in [3.63, 3.8) is 0 Å². The molecule has 2 aromatic rings. The third kappa shape index (κ3) is 18.5. The smallest absolute Gasteiger partial charge is 0.220 e. The van der Waals surface area contributed by atoms with Gasteiger partial charge in [-0.3, -0.25) is 0 Å². The lowest BCUT2D eigenvalue weighted by molar-refractivity contribution is -0.234. The molecule has 0 aliphatic carbocycles. The van der Waals surface area contributed by atoms with Gasteiger partial charge < -0.3 is 19.7 Å². The molecule has 0 amide bonds. The third-order valence-corrected chi connectivity index (χ3v) is 9.56. The van der Waals surface area contributed by atoms with Crippen molar-refractivity contribution in [2.24, 2.45) is 0 Å². The van der Waals surface area contributed by atoms with E-state index in [9.17, 15) is 10.2 Å². The number of aryl methyl sites for hydroxylation is 2. The Labute approximate surface area is 290 Å². The Kier molecular flexibility index (Phi) is 23.7. The first-order valence-corrected chi connectivity index (χ1v) is 19.9. The normalized spacial score (nSPS) is 12.8. The first-order valence-electron chi connectivity index (χ1n) is 19.9. The molecule has 1 atom stereocenters. The van der Waals surface area contributed by atoms with Crippen molar-refractivity contribution in [2.45, 2.75) is 187 Å². The Balaban J connectivity index is 2.00. The molecule has 268 valence electrons. The number of ether oxygens (including phenoxy) is 2. The van der Waals surface area contributed by atoms with Gasteiger partial charge in [0, 0.05) is 0 Å². The van der Waals surface area contributed by atoms with E-state index in [0.717, 1.165) is 43.4 Å². The number of benzene rings is 2. The van der Waals surface area contributed by atoms with Gasteiger partial charge in [-0.15, -0.1) is 0 Å². The van der Waals surface area contributed by atoms with Crippen LogP contribution in [0.2, 0.25) is 0 Å². The minimum atomic E-state index is -1.80. The molecule has 0 aromatic heterocycles. The van der Waals surface area contributed by atoms with E-state index >= 15 is 0 Å². The summed E-state index contributed by atoms with van der Waals surface area (Å²) in [5.74, 6) is -0.533. The number of rotatable bonds is 31. The van der Waals surface area contributed by atoms with E-state index in [0.29, 0.717) is 17.9 Å². The van der Waals surface area contributed by atoms with Crippen LogP contribution in [0.3, 0.4) is 0 Å². The van der Waals surface area contributed by atoms with Crippen molar-refractivity contribution in [1.82, 2.24) is 0 Å². The number of hydrogen-bond acceptors (Lipinski definition) is 4. The lowest BCUT2D eigenvalue weighted by atomic mass is 9.98. The molecule has 1 unspecified atom stereocenters. The highest BCUT2D eigenvalue weighted by molar-refractivity contribution is 5.43. The van der Waals surface area contributed by atoms with Crippen molar-refractivity contribution in [3.8, 4) is 11.5 Å². The standard InChI is InChI=1S/C43H72O4/c1-4-7-10-13-16-18-21-24-27-38-29-32-40(33-30-38)47-42-34-31-39(28-25-22-19-17-14-11-8-5-2)36-41(42)43(45,37-44)46-35-26-23-20-15-12-9-6-3/h29-34,36,44-45H,4-28,35,37H2,1-3H3. The van der Waals surface area contributed by atoms with E-state index < -0.39 is 12.4 Å². The molecular formula is C43H72O4. The van der Waals surface area contributed by atoms with Gasteiger partial charge in [0.1, 0.15) is 18.1 Å². The molecule has 2 rings (SSSR count). The second-order valence-corrected chi connectivity index (χ2v) is 13.9. The summed E-state index contributed by atoms with van der Waals surface area (Å²) >= 11 is 0. The van der Waals surface area contributed by atoms with Crippen molar-refractivity contribution >= 4 is 0 Å². The fourth-order valence-electron chi connectivity index (χ4n) is 6.41. The van der Waals surface area contributed by atoms with Crippen molar-refractivity contribution in [2.75, 3.05) is 13.2 Å². The Morgan fingerprint density at radius 3 is 1.43 bits per heavy atom. The second kappa shape index (κ2) is 27.0. The molecule has 0 aliphatic heterocycles. The van der Waals surface area contributed by atoms with Gasteiger partial charge in [0.05, 0.1) is 12.2 Å². The highest BCUT2D eigenvalue weighted by Gasteiger charge is 2.33. The molecular weight excluding hydrogens is 580 g/mol. The second-order valence-electron chi connectivity index (χ2n) is 13.9. The number of aliphatic hydroxyl groups is 2. The first kappa shape index (κ1) is 41.3. The predicted molar refractivity (Wildman–Crippen MR) is 201 cm³/mol. The molecule has 0 heterocycles. The summed E-state index contributed by atoms with van der Waals surface area (Å²) in [7, 11) is 0. The Morgan fingerprint density at radius 1 is 0.511 bits per heavy atom. The van der Waals surface area contributed by atoms with Crippen LogP contribution in [0, 0.1) is 0 Å². The number of hydrogen-bond donors (Lipinski definition) is 2. The van der Waals surface area contributed by atoms with E-state index in [-0.39, 0.29) is 0 Å². The quantitative estimate of drug-likeness (QED) is 0.0628. The van der Waals surface area contributed by atoms with E-state index in [1.165, 1.54) is 134 Å². The van der Waals surface area contributed by atoms with Gasteiger partial charge in [0.15, 0.2) is 0 Å². The molecule has 4 nitrogen and oxygen atoms in total. The molecule has 0 saturated carbocycles. The number of aliphatic hydroxyl groups excluding tert-OH is 1. The minimum absolute atomic E-state index is 0.403. The van der Waals surface area contributed by atoms with E-state index in [1.54, 1.807) is 0 Å². The van der Waals surface area contributed by atoms with Gasteiger partial charge in [-0.25, -0.2) is 0 Å². The maximum atomic E-state index is 11.7. The van der Waals surface area contributed by atoms with E-state index in [4.69, 9.17) is 9.47 Å². The maximum absolute atomic E-state index is 11.7. The maximum Gasteiger partial charge on any atom is 0.220 e. The van der Waals surface area contributed by atoms with Crippen LogP contribution in [-0.2, 0) is 23.4 Å². The summed E-state index contributed by atoms with van der Waals surface area (Å²) in [6.07, 6.45) is 31.1. The Morgan fingerprint density at radius 2 is 0.936 bits per heavy atom. The summed E-state index contributed by atoms with van der Waals surface area (Å²) in [4.78, 5) is 0. The molecule has 0 aliphatic rings. The van der Waals surface area contributed by atoms with Gasteiger partial charge in [-0.2, -0.15) is 0 Å². The third-order valence-electron chi connectivity index (χ3n) is 9.56. The van der Waals surface area contributed by atoms with E-state index in [1.807, 2.05) is 24.3 Å². The van der Waals surface area contributed by atoms with Crippen LogP contribution < -0.4 is 4.74 Å². The zero-order chi connectivity index (χ0) is 33.8. The van der Waals surface area contributed by atoms with Crippen LogP contribution in [0.25, 0.3) is 0 Å². The SMILES string of the molecule is CCCCCCCCCCc1ccc(Oc2ccc(CCCCCCCCCC)cc2C(O)(CO)OCCCCCCCCC)cc1. The molecule has 0 fully saturated rings. The predicted octanol–water partition coefficient (Wildman–Crippen LogP) is 12.7. The zero-order valence-corrected chi connectivity index (χ0v) is 30.8. The van der Waals surface area contributed by atoms with Crippen LogP contribution >= 0.6 is 0 Å².